The average molecular weight is 521 g/mol. The number of nitrogens with zero attached hydrogens (tertiary/aromatic N) is 5. The summed E-state index contributed by atoms with van der Waals surface area (Å²) in [5, 5.41) is 8.44. The molecule has 3 rings (SSSR count). The second kappa shape index (κ2) is 12.6. The van der Waals surface area contributed by atoms with Crippen LogP contribution in [0, 0.1) is 6.92 Å². The quantitative estimate of drug-likeness (QED) is 0.174. The van der Waals surface area contributed by atoms with Gasteiger partial charge in [-0.05, 0) is 52.0 Å². The van der Waals surface area contributed by atoms with Crippen LogP contribution in [0.2, 0.25) is 0 Å². The van der Waals surface area contributed by atoms with Crippen molar-refractivity contribution in [3.63, 3.8) is 0 Å². The largest absolute Gasteiger partial charge is 0.262 e. The van der Waals surface area contributed by atoms with Crippen molar-refractivity contribution in [1.29, 1.82) is 0 Å². The number of hydrogen-bond donors (Lipinski definition) is 1. The van der Waals surface area contributed by atoms with E-state index in [1.165, 1.54) is 0 Å². The number of aromatic nitrogens is 3. The average Bonchev–Trinajstić information content (AvgIpc) is 3.29. The van der Waals surface area contributed by atoms with Crippen molar-refractivity contribution in [2.24, 2.45) is 10.1 Å². The van der Waals surface area contributed by atoms with Gasteiger partial charge in [0.1, 0.15) is 9.84 Å². The summed E-state index contributed by atoms with van der Waals surface area (Å²) in [5.41, 5.74) is 8.66. The first kappa shape index (κ1) is 28.0. The Morgan fingerprint density at radius 1 is 1.30 bits per heavy atom. The Kier molecular flexibility index (Phi) is 9.52. The van der Waals surface area contributed by atoms with E-state index in [0.29, 0.717) is 30.0 Å². The van der Waals surface area contributed by atoms with Crippen LogP contribution in [0.25, 0.3) is 11.2 Å². The molecule has 9 heteroatoms. The van der Waals surface area contributed by atoms with Crippen LogP contribution in [0.3, 0.4) is 0 Å². The lowest BCUT2D eigenvalue weighted by atomic mass is 9.95. The Labute approximate surface area is 219 Å². The SMILES string of the molecule is C=C/C=C(\CC/C=C\C)C(=C)N=C/C(=C\C)c1cnn2c(NN=C)c(C)c(C3CCS(=O)(=O)CC3)nc12. The topological polar surface area (TPSA) is 101 Å². The van der Waals surface area contributed by atoms with Gasteiger partial charge in [-0.2, -0.15) is 14.7 Å². The standard InChI is InChI=1S/C28H36N6O2S/c1-7-10-11-13-23(12-8-2)21(5)30-18-22(9-3)25-19-31-34-27(33-29-6)20(4)26(32-28(25)34)24-14-16-37(35,36)17-15-24/h7-10,12,18-19,24,33H,2,5-6,11,13-17H2,1,3-4H3/b10-7-,22-9+,23-12+,30-18?. The Bertz CT molecular complexity index is 1400. The second-order valence-corrected chi connectivity index (χ2v) is 11.2. The Hall–Kier alpha value is -3.59. The number of sulfone groups is 1. The van der Waals surface area contributed by atoms with Gasteiger partial charge in [0.25, 0.3) is 0 Å². The minimum absolute atomic E-state index is 0.0351. The summed E-state index contributed by atoms with van der Waals surface area (Å²) in [5.74, 6) is 1.03. The highest BCUT2D eigenvalue weighted by Crippen LogP contribution is 2.34. The minimum Gasteiger partial charge on any atom is -0.262 e. The van der Waals surface area contributed by atoms with E-state index >= 15 is 0 Å². The minimum atomic E-state index is -2.99. The van der Waals surface area contributed by atoms with Crippen LogP contribution >= 0.6 is 0 Å². The lowest BCUT2D eigenvalue weighted by Crippen LogP contribution is -2.24. The molecule has 0 amide bonds. The van der Waals surface area contributed by atoms with E-state index < -0.39 is 9.84 Å². The van der Waals surface area contributed by atoms with Gasteiger partial charge in [-0.25, -0.2) is 13.4 Å². The smallest absolute Gasteiger partial charge is 0.165 e. The molecule has 0 bridgehead atoms. The maximum atomic E-state index is 12.0. The van der Waals surface area contributed by atoms with E-state index in [0.717, 1.165) is 40.8 Å². The molecule has 0 spiro atoms. The number of anilines is 1. The van der Waals surface area contributed by atoms with E-state index in [1.807, 2.05) is 39.0 Å². The highest BCUT2D eigenvalue weighted by molar-refractivity contribution is 7.91. The Balaban J connectivity index is 2.01. The van der Waals surface area contributed by atoms with E-state index in [1.54, 1.807) is 23.0 Å². The molecule has 0 atom stereocenters. The fourth-order valence-electron chi connectivity index (χ4n) is 4.46. The first-order valence-corrected chi connectivity index (χ1v) is 14.2. The van der Waals surface area contributed by atoms with Crippen molar-refractivity contribution in [1.82, 2.24) is 14.6 Å². The predicted octanol–water partition coefficient (Wildman–Crippen LogP) is 5.81. The molecule has 196 valence electrons. The zero-order chi connectivity index (χ0) is 27.0. The van der Waals surface area contributed by atoms with E-state index in [9.17, 15) is 8.42 Å². The first-order chi connectivity index (χ1) is 17.8. The van der Waals surface area contributed by atoms with Crippen LogP contribution in [0.15, 0.2) is 71.1 Å². The van der Waals surface area contributed by atoms with Crippen molar-refractivity contribution in [3.05, 3.63) is 77.8 Å². The summed E-state index contributed by atoms with van der Waals surface area (Å²) in [4.78, 5) is 9.66. The fraction of sp³-hybridized carbons (Fsp3) is 0.357. The zero-order valence-corrected chi connectivity index (χ0v) is 22.8. The molecule has 0 aromatic carbocycles. The zero-order valence-electron chi connectivity index (χ0n) is 21.9. The third-order valence-corrected chi connectivity index (χ3v) is 8.25. The van der Waals surface area contributed by atoms with Crippen molar-refractivity contribution in [2.75, 3.05) is 16.9 Å². The third kappa shape index (κ3) is 6.60. The molecule has 8 nitrogen and oxygen atoms in total. The maximum Gasteiger partial charge on any atom is 0.165 e. The van der Waals surface area contributed by atoms with Crippen molar-refractivity contribution < 1.29 is 8.42 Å². The van der Waals surface area contributed by atoms with Gasteiger partial charge in [-0.3, -0.25) is 10.4 Å². The highest BCUT2D eigenvalue weighted by Gasteiger charge is 2.29. The van der Waals surface area contributed by atoms with Crippen LogP contribution in [0.5, 0.6) is 0 Å². The Morgan fingerprint density at radius 3 is 2.65 bits per heavy atom. The van der Waals surface area contributed by atoms with Gasteiger partial charge in [0.15, 0.2) is 11.5 Å². The molecule has 0 aliphatic carbocycles. The van der Waals surface area contributed by atoms with Crippen molar-refractivity contribution >= 4 is 39.8 Å². The number of aliphatic imine (C=N–C) groups is 1. The normalized spacial score (nSPS) is 17.1. The van der Waals surface area contributed by atoms with Gasteiger partial charge in [0.05, 0.1) is 29.1 Å². The van der Waals surface area contributed by atoms with E-state index in [4.69, 9.17) is 4.98 Å². The molecule has 2 aromatic heterocycles. The number of rotatable bonds is 11. The van der Waals surface area contributed by atoms with Gasteiger partial charge >= 0.3 is 0 Å². The molecular formula is C28H36N6O2S. The van der Waals surface area contributed by atoms with Gasteiger partial charge in [0, 0.05) is 35.6 Å². The molecule has 1 fully saturated rings. The van der Waals surface area contributed by atoms with Crippen LogP contribution in [0.1, 0.15) is 62.3 Å². The summed E-state index contributed by atoms with van der Waals surface area (Å²) in [6.07, 6.45) is 16.1. The fourth-order valence-corrected chi connectivity index (χ4v) is 5.95. The monoisotopic (exact) mass is 520 g/mol. The van der Waals surface area contributed by atoms with E-state index in [-0.39, 0.29) is 17.4 Å². The molecule has 1 aliphatic heterocycles. The van der Waals surface area contributed by atoms with Gasteiger partial charge in [-0.1, -0.05) is 43.5 Å². The summed E-state index contributed by atoms with van der Waals surface area (Å²) >= 11 is 0. The number of nitrogens with one attached hydrogen (secondary N) is 1. The number of fused-ring (bicyclic) bond motifs is 1. The molecule has 0 saturated carbocycles. The molecule has 37 heavy (non-hydrogen) atoms. The highest BCUT2D eigenvalue weighted by atomic mass is 32.2. The lowest BCUT2D eigenvalue weighted by molar-refractivity contribution is 0.543. The van der Waals surface area contributed by atoms with Crippen molar-refractivity contribution in [2.45, 2.75) is 52.4 Å². The summed E-state index contributed by atoms with van der Waals surface area (Å²) in [6, 6.07) is 0. The van der Waals surface area contributed by atoms with Crippen LogP contribution < -0.4 is 5.43 Å². The maximum absolute atomic E-state index is 12.0. The molecule has 0 radical (unpaired) electrons. The van der Waals surface area contributed by atoms with Gasteiger partial charge in [-0.15, -0.1) is 0 Å². The molecule has 0 unspecified atom stereocenters. The summed E-state index contributed by atoms with van der Waals surface area (Å²) in [7, 11) is -2.99. The van der Waals surface area contributed by atoms with E-state index in [2.05, 4.69) is 46.6 Å². The Morgan fingerprint density at radius 2 is 2.03 bits per heavy atom. The van der Waals surface area contributed by atoms with Gasteiger partial charge < -0.3 is 0 Å². The number of hydrogen-bond acceptors (Lipinski definition) is 7. The molecule has 3 heterocycles. The molecule has 1 aliphatic rings. The van der Waals surface area contributed by atoms with Gasteiger partial charge in [0.2, 0.25) is 0 Å². The van der Waals surface area contributed by atoms with Crippen LogP contribution in [0.4, 0.5) is 5.82 Å². The third-order valence-electron chi connectivity index (χ3n) is 6.53. The van der Waals surface area contributed by atoms with Crippen LogP contribution in [-0.2, 0) is 9.84 Å². The molecule has 2 aromatic rings. The summed E-state index contributed by atoms with van der Waals surface area (Å²) in [6.45, 7) is 17.4. The van der Waals surface area contributed by atoms with Crippen molar-refractivity contribution in [3.8, 4) is 0 Å². The first-order valence-electron chi connectivity index (χ1n) is 12.4. The van der Waals surface area contributed by atoms with Crippen LogP contribution in [-0.4, -0.2) is 47.5 Å². The predicted molar refractivity (Wildman–Crippen MR) is 155 cm³/mol. The molecule has 1 N–H and O–H groups in total. The number of hydrazone groups is 1. The number of allylic oxidation sites excluding steroid dienone is 7. The second-order valence-electron chi connectivity index (χ2n) is 8.94. The molecular weight excluding hydrogens is 484 g/mol. The summed E-state index contributed by atoms with van der Waals surface area (Å²) < 4.78 is 25.7. The molecule has 1 saturated heterocycles. The lowest BCUT2D eigenvalue weighted by Gasteiger charge is -2.24.